The van der Waals surface area contributed by atoms with Gasteiger partial charge in [-0.05, 0) is 52.4 Å². The third-order valence-electron chi connectivity index (χ3n) is 5.42. The Morgan fingerprint density at radius 1 is 1.10 bits per heavy atom. The summed E-state index contributed by atoms with van der Waals surface area (Å²) in [4.78, 5) is 12.5. The highest BCUT2D eigenvalue weighted by molar-refractivity contribution is 5.74. The SMILES string of the molecule is CC1(C)CC(OC(=O)[C@H]2C[C@@H]3C=C[C@H]2C3)CC(C)(C)N1[O]. The molecule has 1 saturated carbocycles. The van der Waals surface area contributed by atoms with E-state index in [4.69, 9.17) is 4.74 Å². The summed E-state index contributed by atoms with van der Waals surface area (Å²) in [6.45, 7) is 7.73. The number of rotatable bonds is 2. The Bertz CT molecular complexity index is 451. The van der Waals surface area contributed by atoms with E-state index in [1.54, 1.807) is 0 Å². The first-order valence-corrected chi connectivity index (χ1v) is 8.05. The van der Waals surface area contributed by atoms with E-state index < -0.39 is 11.1 Å². The second kappa shape index (κ2) is 4.82. The number of nitrogens with zero attached hydrogens (tertiary/aromatic N) is 1. The highest BCUT2D eigenvalue weighted by atomic mass is 16.5. The number of hydroxylamine groups is 2. The van der Waals surface area contributed by atoms with Crippen molar-refractivity contribution in [2.75, 3.05) is 0 Å². The maximum absolute atomic E-state index is 12.5. The first kappa shape index (κ1) is 15.0. The fourth-order valence-electron chi connectivity index (χ4n) is 4.56. The van der Waals surface area contributed by atoms with Crippen LogP contribution in [0.5, 0.6) is 0 Å². The fourth-order valence-corrected chi connectivity index (χ4v) is 4.56. The van der Waals surface area contributed by atoms with E-state index in [9.17, 15) is 10.0 Å². The number of hydrogen-bond donors (Lipinski definition) is 0. The molecule has 1 saturated heterocycles. The van der Waals surface area contributed by atoms with Gasteiger partial charge < -0.3 is 4.74 Å². The van der Waals surface area contributed by atoms with Gasteiger partial charge >= 0.3 is 5.97 Å². The van der Waals surface area contributed by atoms with Crippen molar-refractivity contribution in [1.29, 1.82) is 0 Å². The van der Waals surface area contributed by atoms with E-state index >= 15 is 0 Å². The fraction of sp³-hybridized carbons (Fsp3) is 0.824. The van der Waals surface area contributed by atoms with Crippen LogP contribution < -0.4 is 0 Å². The quantitative estimate of drug-likeness (QED) is 0.580. The summed E-state index contributed by atoms with van der Waals surface area (Å²) < 4.78 is 5.81. The molecule has 2 aliphatic carbocycles. The molecule has 1 aliphatic heterocycles. The van der Waals surface area contributed by atoms with Crippen LogP contribution in [0.4, 0.5) is 0 Å². The number of fused-ring (bicyclic) bond motifs is 2. The Morgan fingerprint density at radius 3 is 2.19 bits per heavy atom. The van der Waals surface area contributed by atoms with Crippen molar-refractivity contribution < 1.29 is 14.7 Å². The highest BCUT2D eigenvalue weighted by Crippen LogP contribution is 2.45. The molecule has 1 radical (unpaired) electrons. The van der Waals surface area contributed by atoms with E-state index in [1.165, 1.54) is 5.06 Å². The smallest absolute Gasteiger partial charge is 0.309 e. The largest absolute Gasteiger partial charge is 0.462 e. The summed E-state index contributed by atoms with van der Waals surface area (Å²) in [5, 5.41) is 13.5. The molecular weight excluding hydrogens is 266 g/mol. The molecule has 0 aromatic rings. The molecule has 117 valence electrons. The number of carbonyl (C=O) groups excluding carboxylic acids is 1. The third kappa shape index (κ3) is 2.64. The van der Waals surface area contributed by atoms with E-state index in [-0.39, 0.29) is 18.0 Å². The number of carbonyl (C=O) groups is 1. The highest BCUT2D eigenvalue weighted by Gasteiger charge is 2.48. The average Bonchev–Trinajstić information content (AvgIpc) is 2.97. The number of ether oxygens (including phenoxy) is 1. The summed E-state index contributed by atoms with van der Waals surface area (Å²) in [5.74, 6) is 0.936. The monoisotopic (exact) mass is 292 g/mol. The van der Waals surface area contributed by atoms with Crippen molar-refractivity contribution in [1.82, 2.24) is 5.06 Å². The lowest BCUT2D eigenvalue weighted by Crippen LogP contribution is -2.60. The van der Waals surface area contributed by atoms with Gasteiger partial charge in [0.1, 0.15) is 6.10 Å². The van der Waals surface area contributed by atoms with Crippen LogP contribution in [0.3, 0.4) is 0 Å². The third-order valence-corrected chi connectivity index (χ3v) is 5.42. The minimum Gasteiger partial charge on any atom is -0.462 e. The van der Waals surface area contributed by atoms with E-state index in [1.807, 2.05) is 27.7 Å². The van der Waals surface area contributed by atoms with Gasteiger partial charge in [-0.3, -0.25) is 4.79 Å². The van der Waals surface area contributed by atoms with Crippen molar-refractivity contribution >= 4 is 5.97 Å². The molecule has 0 unspecified atom stereocenters. The first-order valence-electron chi connectivity index (χ1n) is 8.05. The summed E-state index contributed by atoms with van der Waals surface area (Å²) in [6, 6.07) is 0. The van der Waals surface area contributed by atoms with Crippen LogP contribution in [0.1, 0.15) is 53.4 Å². The van der Waals surface area contributed by atoms with E-state index in [0.717, 1.165) is 12.8 Å². The zero-order chi connectivity index (χ0) is 15.4. The second-order valence-corrected chi connectivity index (χ2v) is 8.27. The average molecular weight is 292 g/mol. The van der Waals surface area contributed by atoms with Crippen LogP contribution in [0.2, 0.25) is 0 Å². The van der Waals surface area contributed by atoms with Gasteiger partial charge in [0.2, 0.25) is 0 Å². The number of allylic oxidation sites excluding steroid dienone is 2. The number of hydrogen-bond acceptors (Lipinski definition) is 3. The molecule has 3 rings (SSSR count). The van der Waals surface area contributed by atoms with Crippen LogP contribution in [-0.4, -0.2) is 28.2 Å². The van der Waals surface area contributed by atoms with Gasteiger partial charge in [0, 0.05) is 23.9 Å². The number of piperidine rings is 1. The van der Waals surface area contributed by atoms with Crippen LogP contribution in [0.15, 0.2) is 12.2 Å². The second-order valence-electron chi connectivity index (χ2n) is 8.27. The van der Waals surface area contributed by atoms with Crippen LogP contribution in [0.25, 0.3) is 0 Å². The summed E-state index contributed by atoms with van der Waals surface area (Å²) in [7, 11) is 0. The minimum absolute atomic E-state index is 0.0384. The van der Waals surface area contributed by atoms with Gasteiger partial charge in [-0.15, -0.1) is 10.3 Å². The predicted octanol–water partition coefficient (Wildman–Crippen LogP) is 3.11. The van der Waals surface area contributed by atoms with E-state index in [0.29, 0.717) is 24.7 Å². The standard InChI is InChI=1S/C17H26NO3/c1-16(2)9-13(10-17(3,4)18(16)20)21-15(19)14-8-11-5-6-12(14)7-11/h5-6,11-14H,7-10H2,1-4H3/t11-,12+,14+/m1/s1. The van der Waals surface area contributed by atoms with Gasteiger partial charge in [-0.1, -0.05) is 12.2 Å². The lowest BCUT2D eigenvalue weighted by atomic mass is 9.80. The summed E-state index contributed by atoms with van der Waals surface area (Å²) >= 11 is 0. The molecule has 4 heteroatoms. The summed E-state index contributed by atoms with van der Waals surface area (Å²) in [5.41, 5.74) is -0.970. The molecule has 4 nitrogen and oxygen atoms in total. The van der Waals surface area contributed by atoms with Gasteiger partial charge in [0.05, 0.1) is 5.92 Å². The van der Waals surface area contributed by atoms with Crippen LogP contribution in [0, 0.1) is 17.8 Å². The molecule has 2 bridgehead atoms. The molecule has 2 fully saturated rings. The molecule has 0 amide bonds. The van der Waals surface area contributed by atoms with Crippen molar-refractivity contribution in [2.45, 2.75) is 70.6 Å². The normalized spacial score (nSPS) is 37.9. The molecule has 0 aromatic carbocycles. The lowest BCUT2D eigenvalue weighted by Gasteiger charge is -2.49. The van der Waals surface area contributed by atoms with Gasteiger partial charge in [0.15, 0.2) is 0 Å². The summed E-state index contributed by atoms with van der Waals surface area (Å²) in [6.07, 6.45) is 7.54. The molecule has 0 N–H and O–H groups in total. The Hall–Kier alpha value is -0.870. The minimum atomic E-state index is -0.485. The molecule has 1 heterocycles. The predicted molar refractivity (Wildman–Crippen MR) is 78.6 cm³/mol. The van der Waals surface area contributed by atoms with E-state index in [2.05, 4.69) is 12.2 Å². The van der Waals surface area contributed by atoms with Crippen LogP contribution in [-0.2, 0) is 14.7 Å². The zero-order valence-electron chi connectivity index (χ0n) is 13.5. The Kier molecular flexibility index (Phi) is 3.45. The van der Waals surface area contributed by atoms with Crippen molar-refractivity contribution in [3.8, 4) is 0 Å². The maximum atomic E-state index is 12.5. The Balaban J connectivity index is 1.65. The van der Waals surface area contributed by atoms with Crippen LogP contribution >= 0.6 is 0 Å². The molecule has 21 heavy (non-hydrogen) atoms. The molecule has 3 aliphatic rings. The molecule has 0 spiro atoms. The topological polar surface area (TPSA) is 49.4 Å². The number of esters is 1. The van der Waals surface area contributed by atoms with Gasteiger partial charge in [0.25, 0.3) is 0 Å². The zero-order valence-corrected chi connectivity index (χ0v) is 13.5. The Morgan fingerprint density at radius 2 is 1.71 bits per heavy atom. The van der Waals surface area contributed by atoms with Crippen molar-refractivity contribution in [3.63, 3.8) is 0 Å². The van der Waals surface area contributed by atoms with Gasteiger partial charge in [-0.25, -0.2) is 0 Å². The molecule has 0 aromatic heterocycles. The first-order chi connectivity index (χ1) is 9.69. The lowest BCUT2D eigenvalue weighted by molar-refractivity contribution is -0.299. The van der Waals surface area contributed by atoms with Crippen molar-refractivity contribution in [2.24, 2.45) is 17.8 Å². The van der Waals surface area contributed by atoms with Crippen molar-refractivity contribution in [3.05, 3.63) is 12.2 Å². The Labute approximate surface area is 127 Å². The molecule has 3 atom stereocenters. The maximum Gasteiger partial charge on any atom is 0.309 e. The van der Waals surface area contributed by atoms with Gasteiger partial charge in [-0.2, -0.15) is 0 Å². The molecular formula is C17H26NO3.